The minimum absolute atomic E-state index is 0.168. The predicted octanol–water partition coefficient (Wildman–Crippen LogP) is 2.89. The van der Waals surface area contributed by atoms with Crippen LogP contribution in [0.25, 0.3) is 0 Å². The molecule has 4 rings (SSSR count). The zero-order valence-corrected chi connectivity index (χ0v) is 13.0. The molecule has 1 aromatic heterocycles. The molecule has 2 aromatic rings. The number of aromatic nitrogens is 2. The van der Waals surface area contributed by atoms with Gasteiger partial charge in [0.05, 0.1) is 12.2 Å². The molecular formula is C18H21N3O. The Morgan fingerprint density at radius 1 is 1.23 bits per heavy atom. The summed E-state index contributed by atoms with van der Waals surface area (Å²) in [5, 5.41) is 4.25. The molecule has 0 unspecified atom stereocenters. The van der Waals surface area contributed by atoms with Crippen LogP contribution in [0.2, 0.25) is 0 Å². The number of aryl methyl sites for hydroxylation is 3. The minimum Gasteiger partial charge on any atom is -0.331 e. The lowest BCUT2D eigenvalue weighted by Crippen LogP contribution is -2.30. The van der Waals surface area contributed by atoms with Crippen LogP contribution in [0.3, 0.4) is 0 Å². The van der Waals surface area contributed by atoms with Gasteiger partial charge in [-0.05, 0) is 55.4 Å². The maximum Gasteiger partial charge on any atom is 0.254 e. The van der Waals surface area contributed by atoms with E-state index in [1.165, 1.54) is 17.5 Å². The number of carbonyl (C=O) groups excluding carboxylic acids is 1. The van der Waals surface area contributed by atoms with Crippen molar-refractivity contribution in [3.8, 4) is 0 Å². The molecule has 2 aliphatic rings. The van der Waals surface area contributed by atoms with Gasteiger partial charge in [0.2, 0.25) is 0 Å². The van der Waals surface area contributed by atoms with Crippen LogP contribution in [0, 0.1) is 0 Å². The Bertz CT molecular complexity index is 719. The Balaban J connectivity index is 1.61. The second-order valence-corrected chi connectivity index (χ2v) is 6.44. The number of carbonyl (C=O) groups is 1. The van der Waals surface area contributed by atoms with E-state index in [1.807, 2.05) is 35.1 Å². The Morgan fingerprint density at radius 2 is 2.09 bits per heavy atom. The Hall–Kier alpha value is -2.10. The third-order valence-corrected chi connectivity index (χ3v) is 4.97. The van der Waals surface area contributed by atoms with E-state index in [0.29, 0.717) is 0 Å². The summed E-state index contributed by atoms with van der Waals surface area (Å²) in [4.78, 5) is 15.0. The molecule has 4 heteroatoms. The Morgan fingerprint density at radius 3 is 2.91 bits per heavy atom. The van der Waals surface area contributed by atoms with Gasteiger partial charge in [-0.2, -0.15) is 5.10 Å². The molecule has 0 saturated carbocycles. The lowest BCUT2D eigenvalue weighted by atomic mass is 10.0. The molecule has 0 spiro atoms. The third-order valence-electron chi connectivity index (χ3n) is 4.97. The van der Waals surface area contributed by atoms with Crippen LogP contribution in [0.5, 0.6) is 0 Å². The van der Waals surface area contributed by atoms with Crippen molar-refractivity contribution in [1.29, 1.82) is 0 Å². The highest BCUT2D eigenvalue weighted by molar-refractivity contribution is 5.95. The van der Waals surface area contributed by atoms with Crippen LogP contribution in [0.15, 0.2) is 30.6 Å². The number of rotatable bonds is 2. The summed E-state index contributed by atoms with van der Waals surface area (Å²) in [7, 11) is 1.92. The molecule has 1 saturated heterocycles. The van der Waals surface area contributed by atoms with Crippen molar-refractivity contribution >= 4 is 5.91 Å². The fourth-order valence-electron chi connectivity index (χ4n) is 3.84. The highest BCUT2D eigenvalue weighted by Gasteiger charge is 2.31. The van der Waals surface area contributed by atoms with Gasteiger partial charge in [0.1, 0.15) is 0 Å². The van der Waals surface area contributed by atoms with E-state index in [0.717, 1.165) is 43.4 Å². The molecule has 22 heavy (non-hydrogen) atoms. The van der Waals surface area contributed by atoms with E-state index in [2.05, 4.69) is 17.2 Å². The van der Waals surface area contributed by atoms with Crippen LogP contribution in [-0.4, -0.2) is 27.1 Å². The van der Waals surface area contributed by atoms with Gasteiger partial charge in [-0.15, -0.1) is 0 Å². The summed E-state index contributed by atoms with van der Waals surface area (Å²) in [6, 6.07) is 6.44. The van der Waals surface area contributed by atoms with Crippen molar-refractivity contribution in [3.05, 3.63) is 52.8 Å². The molecule has 1 amide bonds. The SMILES string of the molecule is Cn1cc([C@H]2CCCN2C(=O)c2ccc3c(c2)CCC3)cn1. The lowest BCUT2D eigenvalue weighted by Gasteiger charge is -2.24. The van der Waals surface area contributed by atoms with E-state index < -0.39 is 0 Å². The van der Waals surface area contributed by atoms with E-state index in [9.17, 15) is 4.79 Å². The quantitative estimate of drug-likeness (QED) is 0.854. The van der Waals surface area contributed by atoms with Gasteiger partial charge in [-0.3, -0.25) is 9.48 Å². The van der Waals surface area contributed by atoms with Gasteiger partial charge in [-0.25, -0.2) is 0 Å². The van der Waals surface area contributed by atoms with Gasteiger partial charge < -0.3 is 4.90 Å². The van der Waals surface area contributed by atoms with Crippen LogP contribution in [-0.2, 0) is 19.9 Å². The van der Waals surface area contributed by atoms with Crippen LogP contribution in [0.4, 0.5) is 0 Å². The second-order valence-electron chi connectivity index (χ2n) is 6.44. The number of fused-ring (bicyclic) bond motifs is 1. The topological polar surface area (TPSA) is 38.1 Å². The first-order valence-electron chi connectivity index (χ1n) is 8.14. The second kappa shape index (κ2) is 5.27. The smallest absolute Gasteiger partial charge is 0.254 e. The summed E-state index contributed by atoms with van der Waals surface area (Å²) in [5.41, 5.74) is 4.77. The molecule has 2 heterocycles. The molecule has 1 atom stereocenters. The fraction of sp³-hybridized carbons (Fsp3) is 0.444. The molecule has 1 aliphatic heterocycles. The lowest BCUT2D eigenvalue weighted by molar-refractivity contribution is 0.0735. The average Bonchev–Trinajstić information content (AvgIpc) is 3.25. The largest absolute Gasteiger partial charge is 0.331 e. The maximum absolute atomic E-state index is 12.9. The normalized spacial score (nSPS) is 20.4. The van der Waals surface area contributed by atoms with Gasteiger partial charge in [0.25, 0.3) is 5.91 Å². The Kier molecular flexibility index (Phi) is 3.25. The van der Waals surface area contributed by atoms with E-state index in [1.54, 1.807) is 0 Å². The van der Waals surface area contributed by atoms with Crippen molar-refractivity contribution in [2.45, 2.75) is 38.1 Å². The molecular weight excluding hydrogens is 274 g/mol. The summed E-state index contributed by atoms with van der Waals surface area (Å²) in [5.74, 6) is 0.168. The van der Waals surface area contributed by atoms with Crippen LogP contribution >= 0.6 is 0 Å². The number of hydrogen-bond acceptors (Lipinski definition) is 2. The molecule has 4 nitrogen and oxygen atoms in total. The highest BCUT2D eigenvalue weighted by atomic mass is 16.2. The van der Waals surface area contributed by atoms with Gasteiger partial charge in [0.15, 0.2) is 0 Å². The number of nitrogens with zero attached hydrogens (tertiary/aromatic N) is 3. The number of amides is 1. The minimum atomic E-state index is 0.168. The molecule has 1 aliphatic carbocycles. The third kappa shape index (κ3) is 2.23. The standard InChI is InChI=1S/C18H21N3O/c1-20-12-16(11-19-20)17-6-3-9-21(17)18(22)15-8-7-13-4-2-5-14(13)10-15/h7-8,10-12,17H,2-6,9H2,1H3/t17-/m1/s1. The monoisotopic (exact) mass is 295 g/mol. The Labute approximate surface area is 130 Å². The summed E-state index contributed by atoms with van der Waals surface area (Å²) in [6.45, 7) is 0.843. The van der Waals surface area contributed by atoms with Crippen molar-refractivity contribution in [2.75, 3.05) is 6.54 Å². The van der Waals surface area contributed by atoms with Gasteiger partial charge >= 0.3 is 0 Å². The zero-order chi connectivity index (χ0) is 15.1. The number of hydrogen-bond donors (Lipinski definition) is 0. The van der Waals surface area contributed by atoms with E-state index in [4.69, 9.17) is 0 Å². The molecule has 114 valence electrons. The fourth-order valence-corrected chi connectivity index (χ4v) is 3.84. The molecule has 1 fully saturated rings. The first kappa shape index (κ1) is 13.6. The predicted molar refractivity (Wildman–Crippen MR) is 84.7 cm³/mol. The molecule has 0 radical (unpaired) electrons. The van der Waals surface area contributed by atoms with Crippen molar-refractivity contribution in [1.82, 2.24) is 14.7 Å². The van der Waals surface area contributed by atoms with E-state index in [-0.39, 0.29) is 11.9 Å². The van der Waals surface area contributed by atoms with Crippen molar-refractivity contribution < 1.29 is 4.79 Å². The van der Waals surface area contributed by atoms with Gasteiger partial charge in [0, 0.05) is 30.9 Å². The number of benzene rings is 1. The van der Waals surface area contributed by atoms with Crippen LogP contribution < -0.4 is 0 Å². The summed E-state index contributed by atoms with van der Waals surface area (Å²) >= 11 is 0. The van der Waals surface area contributed by atoms with E-state index >= 15 is 0 Å². The van der Waals surface area contributed by atoms with Crippen LogP contribution in [0.1, 0.15) is 52.4 Å². The zero-order valence-electron chi connectivity index (χ0n) is 13.0. The number of likely N-dealkylation sites (tertiary alicyclic amines) is 1. The molecule has 0 bridgehead atoms. The van der Waals surface area contributed by atoms with Crippen molar-refractivity contribution in [2.24, 2.45) is 7.05 Å². The maximum atomic E-state index is 12.9. The molecule has 1 aromatic carbocycles. The average molecular weight is 295 g/mol. The molecule has 0 N–H and O–H groups in total. The summed E-state index contributed by atoms with van der Waals surface area (Å²) in [6.07, 6.45) is 9.50. The first-order chi connectivity index (χ1) is 10.7. The first-order valence-corrected chi connectivity index (χ1v) is 8.14. The summed E-state index contributed by atoms with van der Waals surface area (Å²) < 4.78 is 1.81. The highest BCUT2D eigenvalue weighted by Crippen LogP contribution is 2.33. The van der Waals surface area contributed by atoms with Crippen molar-refractivity contribution in [3.63, 3.8) is 0 Å². The van der Waals surface area contributed by atoms with Gasteiger partial charge in [-0.1, -0.05) is 6.07 Å².